The lowest BCUT2D eigenvalue weighted by molar-refractivity contribution is 0.109. The number of halogens is 1. The Morgan fingerprint density at radius 1 is 1.26 bits per heavy atom. The minimum absolute atomic E-state index is 0.238. The van der Waals surface area contributed by atoms with Crippen LogP contribution in [0.4, 0.5) is 0 Å². The SMILES string of the molecule is CC(c1ccc(Cl)cc1)N(C)Cc1ccc(C=O)o1. The molecule has 0 fully saturated rings. The lowest BCUT2D eigenvalue weighted by Gasteiger charge is -2.24. The Hall–Kier alpha value is -1.58. The molecule has 0 bridgehead atoms. The first-order valence-electron chi connectivity index (χ1n) is 6.09. The van der Waals surface area contributed by atoms with Gasteiger partial charge >= 0.3 is 0 Å². The quantitative estimate of drug-likeness (QED) is 0.776. The molecule has 1 unspecified atom stereocenters. The van der Waals surface area contributed by atoms with E-state index in [-0.39, 0.29) is 6.04 Å². The van der Waals surface area contributed by atoms with Crippen molar-refractivity contribution in [2.75, 3.05) is 7.05 Å². The molecule has 3 nitrogen and oxygen atoms in total. The van der Waals surface area contributed by atoms with Crippen LogP contribution in [0.25, 0.3) is 0 Å². The van der Waals surface area contributed by atoms with E-state index in [1.165, 1.54) is 5.56 Å². The summed E-state index contributed by atoms with van der Waals surface area (Å²) < 4.78 is 5.38. The highest BCUT2D eigenvalue weighted by atomic mass is 35.5. The normalized spacial score (nSPS) is 12.6. The van der Waals surface area contributed by atoms with Gasteiger partial charge in [0, 0.05) is 11.1 Å². The number of nitrogens with zero attached hydrogens (tertiary/aromatic N) is 1. The first kappa shape index (κ1) is 13.8. The van der Waals surface area contributed by atoms with E-state index >= 15 is 0 Å². The molecule has 0 saturated carbocycles. The van der Waals surface area contributed by atoms with Crippen molar-refractivity contribution >= 4 is 17.9 Å². The molecular weight excluding hydrogens is 262 g/mol. The largest absolute Gasteiger partial charge is 0.457 e. The monoisotopic (exact) mass is 277 g/mol. The molecule has 1 aromatic carbocycles. The molecule has 2 aromatic rings. The van der Waals surface area contributed by atoms with Gasteiger partial charge in [0.05, 0.1) is 6.54 Å². The van der Waals surface area contributed by atoms with Gasteiger partial charge in [0.15, 0.2) is 12.0 Å². The second-order valence-electron chi connectivity index (χ2n) is 4.56. The van der Waals surface area contributed by atoms with Crippen LogP contribution in [0, 0.1) is 0 Å². The zero-order valence-corrected chi connectivity index (χ0v) is 11.7. The Morgan fingerprint density at radius 2 is 1.95 bits per heavy atom. The number of aldehydes is 1. The maximum absolute atomic E-state index is 10.6. The number of carbonyl (C=O) groups is 1. The number of benzene rings is 1. The molecule has 1 atom stereocenters. The van der Waals surface area contributed by atoms with Crippen LogP contribution < -0.4 is 0 Å². The maximum Gasteiger partial charge on any atom is 0.185 e. The fraction of sp³-hybridized carbons (Fsp3) is 0.267. The second-order valence-corrected chi connectivity index (χ2v) is 5.00. The van der Waals surface area contributed by atoms with Gasteiger partial charge in [-0.2, -0.15) is 0 Å². The molecule has 0 spiro atoms. The molecule has 0 aliphatic heterocycles. The lowest BCUT2D eigenvalue weighted by Crippen LogP contribution is -2.21. The third-order valence-electron chi connectivity index (χ3n) is 3.22. The molecular formula is C15H16ClNO2. The summed E-state index contributed by atoms with van der Waals surface area (Å²) in [5.74, 6) is 1.15. The van der Waals surface area contributed by atoms with Gasteiger partial charge in [-0.1, -0.05) is 23.7 Å². The third kappa shape index (κ3) is 3.46. The van der Waals surface area contributed by atoms with Crippen LogP contribution in [0.3, 0.4) is 0 Å². The minimum Gasteiger partial charge on any atom is -0.457 e. The van der Waals surface area contributed by atoms with Crippen LogP contribution in [0.2, 0.25) is 5.02 Å². The highest BCUT2D eigenvalue weighted by molar-refractivity contribution is 6.30. The average molecular weight is 278 g/mol. The van der Waals surface area contributed by atoms with E-state index in [0.29, 0.717) is 18.6 Å². The molecule has 0 aliphatic rings. The van der Waals surface area contributed by atoms with Crippen LogP contribution in [-0.2, 0) is 6.54 Å². The minimum atomic E-state index is 0.238. The van der Waals surface area contributed by atoms with Gasteiger partial charge < -0.3 is 4.42 Å². The van der Waals surface area contributed by atoms with Crippen molar-refractivity contribution in [3.63, 3.8) is 0 Å². The van der Waals surface area contributed by atoms with Crippen molar-refractivity contribution in [1.29, 1.82) is 0 Å². The fourth-order valence-electron chi connectivity index (χ4n) is 1.92. The standard InChI is InChI=1S/C15H16ClNO2/c1-11(12-3-5-13(16)6-4-12)17(2)9-14-7-8-15(10-18)19-14/h3-8,10-11H,9H2,1-2H3. The summed E-state index contributed by atoms with van der Waals surface area (Å²) in [6.45, 7) is 2.77. The van der Waals surface area contributed by atoms with Gasteiger partial charge in [0.1, 0.15) is 5.76 Å². The van der Waals surface area contributed by atoms with Crippen LogP contribution in [0.1, 0.15) is 34.8 Å². The van der Waals surface area contributed by atoms with Gasteiger partial charge in [-0.05, 0) is 43.8 Å². The predicted molar refractivity (Wildman–Crippen MR) is 75.4 cm³/mol. The molecule has 0 aliphatic carbocycles. The molecule has 4 heteroatoms. The number of carbonyl (C=O) groups excluding carboxylic acids is 1. The number of hydrogen-bond acceptors (Lipinski definition) is 3. The first-order chi connectivity index (χ1) is 9.10. The Balaban J connectivity index is 2.04. The van der Waals surface area contributed by atoms with Gasteiger partial charge in [-0.15, -0.1) is 0 Å². The Morgan fingerprint density at radius 3 is 2.53 bits per heavy atom. The summed E-state index contributed by atoms with van der Waals surface area (Å²) in [6, 6.07) is 11.6. The molecule has 0 radical (unpaired) electrons. The average Bonchev–Trinajstić information content (AvgIpc) is 2.86. The van der Waals surface area contributed by atoms with E-state index in [2.05, 4.69) is 11.8 Å². The highest BCUT2D eigenvalue weighted by Gasteiger charge is 2.13. The van der Waals surface area contributed by atoms with E-state index in [4.69, 9.17) is 16.0 Å². The summed E-state index contributed by atoms with van der Waals surface area (Å²) in [6.07, 6.45) is 0.714. The molecule has 1 aromatic heterocycles. The van der Waals surface area contributed by atoms with Gasteiger partial charge in [-0.3, -0.25) is 9.69 Å². The van der Waals surface area contributed by atoms with Crippen molar-refractivity contribution in [2.45, 2.75) is 19.5 Å². The van der Waals surface area contributed by atoms with Crippen LogP contribution in [0.15, 0.2) is 40.8 Å². The molecule has 100 valence electrons. The van der Waals surface area contributed by atoms with E-state index < -0.39 is 0 Å². The van der Waals surface area contributed by atoms with E-state index in [9.17, 15) is 4.79 Å². The van der Waals surface area contributed by atoms with Crippen molar-refractivity contribution < 1.29 is 9.21 Å². The number of hydrogen-bond donors (Lipinski definition) is 0. The van der Waals surface area contributed by atoms with Crippen molar-refractivity contribution in [2.24, 2.45) is 0 Å². The predicted octanol–water partition coefficient (Wildman–Crippen LogP) is 3.94. The molecule has 0 amide bonds. The Kier molecular flexibility index (Phi) is 4.40. The highest BCUT2D eigenvalue weighted by Crippen LogP contribution is 2.22. The van der Waals surface area contributed by atoms with Crippen molar-refractivity contribution in [1.82, 2.24) is 4.90 Å². The molecule has 0 saturated heterocycles. The van der Waals surface area contributed by atoms with Crippen molar-refractivity contribution in [3.05, 3.63) is 58.5 Å². The molecule has 0 N–H and O–H groups in total. The summed E-state index contributed by atoms with van der Waals surface area (Å²) in [5, 5.41) is 0.736. The maximum atomic E-state index is 10.6. The summed E-state index contributed by atoms with van der Waals surface area (Å²) in [4.78, 5) is 12.7. The van der Waals surface area contributed by atoms with Crippen LogP contribution in [-0.4, -0.2) is 18.2 Å². The zero-order valence-electron chi connectivity index (χ0n) is 11.0. The summed E-state index contributed by atoms with van der Waals surface area (Å²) in [5.41, 5.74) is 1.19. The zero-order chi connectivity index (χ0) is 13.8. The lowest BCUT2D eigenvalue weighted by atomic mass is 10.1. The van der Waals surface area contributed by atoms with Crippen LogP contribution in [0.5, 0.6) is 0 Å². The Bertz CT molecular complexity index is 548. The third-order valence-corrected chi connectivity index (χ3v) is 3.47. The fourth-order valence-corrected chi connectivity index (χ4v) is 2.05. The molecule has 19 heavy (non-hydrogen) atoms. The van der Waals surface area contributed by atoms with Crippen molar-refractivity contribution in [3.8, 4) is 0 Å². The van der Waals surface area contributed by atoms with Gasteiger partial charge in [0.25, 0.3) is 0 Å². The van der Waals surface area contributed by atoms with E-state index in [1.807, 2.05) is 37.4 Å². The van der Waals surface area contributed by atoms with Crippen LogP contribution >= 0.6 is 11.6 Å². The molecule has 1 heterocycles. The van der Waals surface area contributed by atoms with Gasteiger partial charge in [0.2, 0.25) is 0 Å². The number of furan rings is 1. The molecule has 2 rings (SSSR count). The second kappa shape index (κ2) is 6.04. The topological polar surface area (TPSA) is 33.5 Å². The van der Waals surface area contributed by atoms with E-state index in [1.54, 1.807) is 6.07 Å². The smallest absolute Gasteiger partial charge is 0.185 e. The summed E-state index contributed by atoms with van der Waals surface area (Å²) in [7, 11) is 2.02. The summed E-state index contributed by atoms with van der Waals surface area (Å²) >= 11 is 5.88. The Labute approximate surface area is 117 Å². The van der Waals surface area contributed by atoms with Gasteiger partial charge in [-0.25, -0.2) is 0 Å². The first-order valence-corrected chi connectivity index (χ1v) is 6.47. The van der Waals surface area contributed by atoms with E-state index in [0.717, 1.165) is 10.8 Å². The number of rotatable bonds is 5.